The number of aliphatic hydroxyl groups is 2. The molecule has 0 heterocycles. The Morgan fingerprint density at radius 3 is 1.62 bits per heavy atom. The number of hydrogen-bond donors (Lipinski definition) is 2. The van der Waals surface area contributed by atoms with Crippen LogP contribution in [0.4, 0.5) is 11.4 Å². The molecule has 0 unspecified atom stereocenters. The lowest BCUT2D eigenvalue weighted by atomic mass is 10.1. The van der Waals surface area contributed by atoms with Crippen molar-refractivity contribution in [2.75, 3.05) is 5.01 Å². The minimum absolute atomic E-state index is 0.0120. The van der Waals surface area contributed by atoms with Gasteiger partial charge in [0.2, 0.25) is 0 Å². The maximum Gasteiger partial charge on any atom is 0.0681 e. The van der Waals surface area contributed by atoms with E-state index in [1.807, 2.05) is 71.9 Å². The molecule has 26 heavy (non-hydrogen) atoms. The standard InChI is InChI=1S/C22H22N2O2/c1-17-2-4-18(5-3-17)14-23-24(21-10-6-19(15-25)7-11-21)22-12-8-20(16-26)9-13-22/h2-14,25-26H,15-16H2,1H3. The monoisotopic (exact) mass is 346 g/mol. The predicted octanol–water partition coefficient (Wildman–Crippen LogP) is 4.15. The number of hydrazone groups is 1. The van der Waals surface area contributed by atoms with Gasteiger partial charge in [0.25, 0.3) is 0 Å². The van der Waals surface area contributed by atoms with Gasteiger partial charge in [0.05, 0.1) is 30.8 Å². The third-order valence-electron chi connectivity index (χ3n) is 4.13. The summed E-state index contributed by atoms with van der Waals surface area (Å²) in [6, 6.07) is 23.4. The molecule has 132 valence electrons. The summed E-state index contributed by atoms with van der Waals surface area (Å²) in [7, 11) is 0. The molecule has 0 atom stereocenters. The van der Waals surface area contributed by atoms with Gasteiger partial charge in [-0.25, -0.2) is 5.01 Å². The van der Waals surface area contributed by atoms with Crippen LogP contribution >= 0.6 is 0 Å². The Labute approximate surface area is 153 Å². The molecule has 0 amide bonds. The summed E-state index contributed by atoms with van der Waals surface area (Å²) in [4.78, 5) is 0. The van der Waals surface area contributed by atoms with Crippen molar-refractivity contribution >= 4 is 17.6 Å². The molecule has 0 aliphatic rings. The van der Waals surface area contributed by atoms with Gasteiger partial charge >= 0.3 is 0 Å². The van der Waals surface area contributed by atoms with Crippen LogP contribution in [0.3, 0.4) is 0 Å². The average molecular weight is 346 g/mol. The van der Waals surface area contributed by atoms with Gasteiger partial charge in [-0.15, -0.1) is 0 Å². The zero-order chi connectivity index (χ0) is 18.4. The predicted molar refractivity (Wildman–Crippen MR) is 106 cm³/mol. The molecule has 0 aromatic heterocycles. The Kier molecular flexibility index (Phi) is 5.79. The van der Waals surface area contributed by atoms with Crippen LogP contribution in [0.25, 0.3) is 0 Å². The van der Waals surface area contributed by atoms with E-state index in [-0.39, 0.29) is 13.2 Å². The number of nitrogens with zero attached hydrogens (tertiary/aromatic N) is 2. The second-order valence-electron chi connectivity index (χ2n) is 6.12. The Hall–Kier alpha value is -2.95. The maximum atomic E-state index is 9.25. The van der Waals surface area contributed by atoms with Gasteiger partial charge < -0.3 is 10.2 Å². The summed E-state index contributed by atoms with van der Waals surface area (Å²) in [5.41, 5.74) is 5.71. The van der Waals surface area contributed by atoms with Crippen molar-refractivity contribution in [1.29, 1.82) is 0 Å². The second kappa shape index (κ2) is 8.43. The largest absolute Gasteiger partial charge is 0.392 e. The van der Waals surface area contributed by atoms with Gasteiger partial charge in [0.15, 0.2) is 0 Å². The van der Waals surface area contributed by atoms with Crippen LogP contribution in [0.5, 0.6) is 0 Å². The normalized spacial score (nSPS) is 11.0. The molecule has 3 aromatic carbocycles. The molecular weight excluding hydrogens is 324 g/mol. The Morgan fingerprint density at radius 2 is 1.19 bits per heavy atom. The summed E-state index contributed by atoms with van der Waals surface area (Å²) in [5.74, 6) is 0. The van der Waals surface area contributed by atoms with Crippen LogP contribution in [0, 0.1) is 6.92 Å². The molecule has 0 bridgehead atoms. The first-order chi connectivity index (χ1) is 12.7. The molecule has 3 rings (SSSR count). The topological polar surface area (TPSA) is 56.1 Å². The third-order valence-corrected chi connectivity index (χ3v) is 4.13. The molecule has 0 radical (unpaired) electrons. The number of benzene rings is 3. The fourth-order valence-corrected chi connectivity index (χ4v) is 2.54. The molecule has 0 spiro atoms. The molecular formula is C22H22N2O2. The molecule has 4 heteroatoms. The lowest BCUT2D eigenvalue weighted by Gasteiger charge is -2.20. The van der Waals surface area contributed by atoms with Crippen molar-refractivity contribution in [3.8, 4) is 0 Å². The van der Waals surface area contributed by atoms with E-state index in [9.17, 15) is 10.2 Å². The zero-order valence-corrected chi connectivity index (χ0v) is 14.7. The molecule has 0 aliphatic heterocycles. The van der Waals surface area contributed by atoms with E-state index in [1.165, 1.54) is 5.56 Å². The number of hydrogen-bond acceptors (Lipinski definition) is 4. The van der Waals surface area contributed by atoms with Crippen LogP contribution in [0.1, 0.15) is 22.3 Å². The minimum atomic E-state index is 0.0120. The Morgan fingerprint density at radius 1 is 0.731 bits per heavy atom. The van der Waals surface area contributed by atoms with Crippen molar-refractivity contribution in [3.05, 3.63) is 95.1 Å². The van der Waals surface area contributed by atoms with E-state index in [2.05, 4.69) is 24.2 Å². The highest BCUT2D eigenvalue weighted by Gasteiger charge is 2.08. The number of rotatable bonds is 6. The van der Waals surface area contributed by atoms with Crippen LogP contribution in [-0.2, 0) is 13.2 Å². The minimum Gasteiger partial charge on any atom is -0.392 e. The lowest BCUT2D eigenvalue weighted by molar-refractivity contribution is 0.281. The Bertz CT molecular complexity index is 807. The van der Waals surface area contributed by atoms with E-state index in [0.717, 1.165) is 28.1 Å². The molecule has 2 N–H and O–H groups in total. The molecule has 0 saturated heterocycles. The summed E-state index contributed by atoms with van der Waals surface area (Å²) in [5, 5.41) is 25.0. The van der Waals surface area contributed by atoms with Crippen LogP contribution in [0.2, 0.25) is 0 Å². The summed E-state index contributed by atoms with van der Waals surface area (Å²) < 4.78 is 0. The van der Waals surface area contributed by atoms with E-state index >= 15 is 0 Å². The van der Waals surface area contributed by atoms with E-state index in [4.69, 9.17) is 0 Å². The lowest BCUT2D eigenvalue weighted by Crippen LogP contribution is -2.09. The third kappa shape index (κ3) is 4.36. The van der Waals surface area contributed by atoms with E-state index in [0.29, 0.717) is 0 Å². The van der Waals surface area contributed by atoms with Crippen molar-refractivity contribution in [3.63, 3.8) is 0 Å². The van der Waals surface area contributed by atoms with Crippen LogP contribution in [0.15, 0.2) is 77.9 Å². The van der Waals surface area contributed by atoms with Crippen molar-refractivity contribution in [2.24, 2.45) is 5.10 Å². The SMILES string of the molecule is Cc1ccc(C=NN(c2ccc(CO)cc2)c2ccc(CO)cc2)cc1. The summed E-state index contributed by atoms with van der Waals surface area (Å²) >= 11 is 0. The quantitative estimate of drug-likeness (QED) is 0.521. The molecule has 0 fully saturated rings. The van der Waals surface area contributed by atoms with Gasteiger partial charge in [-0.2, -0.15) is 5.10 Å². The highest BCUT2D eigenvalue weighted by atomic mass is 16.3. The van der Waals surface area contributed by atoms with Gasteiger partial charge in [-0.1, -0.05) is 54.1 Å². The molecule has 0 aliphatic carbocycles. The van der Waals surface area contributed by atoms with Gasteiger partial charge in [-0.05, 0) is 47.9 Å². The van der Waals surface area contributed by atoms with Gasteiger partial charge in [0, 0.05) is 0 Å². The highest BCUT2D eigenvalue weighted by molar-refractivity contribution is 5.81. The van der Waals surface area contributed by atoms with Gasteiger partial charge in [-0.3, -0.25) is 0 Å². The smallest absolute Gasteiger partial charge is 0.0681 e. The fraction of sp³-hybridized carbons (Fsp3) is 0.136. The first-order valence-corrected chi connectivity index (χ1v) is 8.50. The van der Waals surface area contributed by atoms with Crippen molar-refractivity contribution in [1.82, 2.24) is 0 Å². The van der Waals surface area contributed by atoms with Crippen molar-refractivity contribution < 1.29 is 10.2 Å². The fourth-order valence-electron chi connectivity index (χ4n) is 2.54. The zero-order valence-electron chi connectivity index (χ0n) is 14.7. The maximum absolute atomic E-state index is 9.25. The summed E-state index contributed by atoms with van der Waals surface area (Å²) in [6.45, 7) is 2.08. The van der Waals surface area contributed by atoms with Crippen LogP contribution in [-0.4, -0.2) is 16.4 Å². The highest BCUT2D eigenvalue weighted by Crippen LogP contribution is 2.26. The Balaban J connectivity index is 1.95. The molecule has 4 nitrogen and oxygen atoms in total. The molecule has 3 aromatic rings. The van der Waals surface area contributed by atoms with Crippen molar-refractivity contribution in [2.45, 2.75) is 20.1 Å². The number of anilines is 2. The number of aliphatic hydroxyl groups excluding tert-OH is 2. The van der Waals surface area contributed by atoms with Gasteiger partial charge in [0.1, 0.15) is 0 Å². The van der Waals surface area contributed by atoms with E-state index in [1.54, 1.807) is 0 Å². The first-order valence-electron chi connectivity index (χ1n) is 8.50. The number of aryl methyl sites for hydroxylation is 1. The molecule has 0 saturated carbocycles. The van der Waals surface area contributed by atoms with Crippen LogP contribution < -0.4 is 5.01 Å². The summed E-state index contributed by atoms with van der Waals surface area (Å²) in [6.07, 6.45) is 1.82. The van der Waals surface area contributed by atoms with E-state index < -0.39 is 0 Å². The average Bonchev–Trinajstić information content (AvgIpc) is 2.70. The second-order valence-corrected chi connectivity index (χ2v) is 6.12. The first kappa shape index (κ1) is 17.9.